The van der Waals surface area contributed by atoms with Gasteiger partial charge in [0.15, 0.2) is 6.04 Å². The molecule has 0 saturated heterocycles. The molecule has 11 heteroatoms. The number of aliphatic hydroxyl groups is 1. The van der Waals surface area contributed by atoms with Crippen LogP contribution in [-0.4, -0.2) is 76.2 Å². The second-order valence-corrected chi connectivity index (χ2v) is 9.88. The molecule has 3 amide bonds. The SMILES string of the molecule is CSCCC(NC(=O)C(Cc1ccccc1)NC(=O)C(N)CC(C)C)C(=O)NC(C(=O)O)C(C)O. The number of carboxylic acids is 1. The lowest BCUT2D eigenvalue weighted by molar-refractivity contribution is -0.145. The molecule has 0 saturated carbocycles. The highest BCUT2D eigenvalue weighted by Gasteiger charge is 2.31. The first-order valence-electron chi connectivity index (χ1n) is 11.6. The monoisotopic (exact) mass is 510 g/mol. The Balaban J connectivity index is 3.08. The molecule has 10 nitrogen and oxygen atoms in total. The van der Waals surface area contributed by atoms with Crippen LogP contribution < -0.4 is 21.7 Å². The first-order valence-corrected chi connectivity index (χ1v) is 13.0. The Morgan fingerprint density at radius 3 is 2.03 bits per heavy atom. The van der Waals surface area contributed by atoms with Gasteiger partial charge < -0.3 is 31.9 Å². The van der Waals surface area contributed by atoms with Gasteiger partial charge in [-0.1, -0.05) is 44.2 Å². The number of rotatable bonds is 15. The molecule has 0 aliphatic heterocycles. The van der Waals surface area contributed by atoms with Crippen LogP contribution in [0.25, 0.3) is 0 Å². The molecule has 1 rings (SSSR count). The van der Waals surface area contributed by atoms with E-state index >= 15 is 0 Å². The van der Waals surface area contributed by atoms with Gasteiger partial charge in [-0.05, 0) is 43.3 Å². The Morgan fingerprint density at radius 2 is 1.51 bits per heavy atom. The van der Waals surface area contributed by atoms with Gasteiger partial charge in [-0.25, -0.2) is 4.79 Å². The number of carbonyl (C=O) groups excluding carboxylic acids is 3. The van der Waals surface area contributed by atoms with Crippen molar-refractivity contribution in [1.82, 2.24) is 16.0 Å². The summed E-state index contributed by atoms with van der Waals surface area (Å²) in [6, 6.07) is 4.72. The number of nitrogens with two attached hydrogens (primary N) is 1. The number of hydrogen-bond donors (Lipinski definition) is 6. The van der Waals surface area contributed by atoms with E-state index in [0.29, 0.717) is 12.2 Å². The van der Waals surface area contributed by atoms with E-state index in [1.807, 2.05) is 50.4 Å². The van der Waals surface area contributed by atoms with Crippen LogP contribution in [0.5, 0.6) is 0 Å². The Labute approximate surface area is 210 Å². The van der Waals surface area contributed by atoms with Crippen LogP contribution in [0.1, 0.15) is 39.2 Å². The van der Waals surface area contributed by atoms with E-state index in [-0.39, 0.29) is 18.8 Å². The zero-order valence-electron chi connectivity index (χ0n) is 20.7. The molecule has 1 aromatic rings. The van der Waals surface area contributed by atoms with Crippen molar-refractivity contribution in [2.24, 2.45) is 11.7 Å². The summed E-state index contributed by atoms with van der Waals surface area (Å²) in [7, 11) is 0. The number of carbonyl (C=O) groups is 4. The summed E-state index contributed by atoms with van der Waals surface area (Å²) in [4.78, 5) is 50.1. The largest absolute Gasteiger partial charge is 0.480 e. The van der Waals surface area contributed by atoms with E-state index in [9.17, 15) is 29.4 Å². The van der Waals surface area contributed by atoms with Gasteiger partial charge in [-0.3, -0.25) is 14.4 Å². The summed E-state index contributed by atoms with van der Waals surface area (Å²) in [6.07, 6.45) is 1.35. The molecule has 0 aliphatic rings. The third-order valence-corrected chi connectivity index (χ3v) is 5.91. The van der Waals surface area contributed by atoms with Crippen LogP contribution >= 0.6 is 11.8 Å². The van der Waals surface area contributed by atoms with Gasteiger partial charge in [0.05, 0.1) is 12.1 Å². The number of hydrogen-bond acceptors (Lipinski definition) is 7. The second kappa shape index (κ2) is 15.4. The quantitative estimate of drug-likeness (QED) is 0.195. The molecule has 0 spiro atoms. The van der Waals surface area contributed by atoms with Crippen molar-refractivity contribution in [3.05, 3.63) is 35.9 Å². The van der Waals surface area contributed by atoms with Crippen molar-refractivity contribution >= 4 is 35.5 Å². The van der Waals surface area contributed by atoms with Crippen molar-refractivity contribution in [2.75, 3.05) is 12.0 Å². The van der Waals surface area contributed by atoms with Crippen molar-refractivity contribution in [1.29, 1.82) is 0 Å². The third kappa shape index (κ3) is 11.1. The predicted molar refractivity (Wildman–Crippen MR) is 136 cm³/mol. The smallest absolute Gasteiger partial charge is 0.328 e. The average Bonchev–Trinajstić information content (AvgIpc) is 2.79. The van der Waals surface area contributed by atoms with Gasteiger partial charge in [0.2, 0.25) is 17.7 Å². The van der Waals surface area contributed by atoms with Crippen LogP contribution in [-0.2, 0) is 25.6 Å². The number of carboxylic acid groups (broad SMARTS) is 1. The molecule has 35 heavy (non-hydrogen) atoms. The van der Waals surface area contributed by atoms with Gasteiger partial charge in [-0.2, -0.15) is 11.8 Å². The van der Waals surface area contributed by atoms with E-state index in [1.165, 1.54) is 18.7 Å². The highest BCUT2D eigenvalue weighted by molar-refractivity contribution is 7.98. The summed E-state index contributed by atoms with van der Waals surface area (Å²) in [5.41, 5.74) is 6.80. The molecule has 5 atom stereocenters. The zero-order chi connectivity index (χ0) is 26.5. The lowest BCUT2D eigenvalue weighted by Crippen LogP contribution is -2.58. The maximum Gasteiger partial charge on any atom is 0.328 e. The van der Waals surface area contributed by atoms with E-state index in [1.54, 1.807) is 0 Å². The Morgan fingerprint density at radius 1 is 0.943 bits per heavy atom. The first kappa shape index (κ1) is 30.4. The topological polar surface area (TPSA) is 171 Å². The van der Waals surface area contributed by atoms with E-state index < -0.39 is 54.0 Å². The molecule has 0 aliphatic carbocycles. The highest BCUT2D eigenvalue weighted by atomic mass is 32.2. The van der Waals surface area contributed by atoms with Crippen molar-refractivity contribution in [3.8, 4) is 0 Å². The summed E-state index contributed by atoms with van der Waals surface area (Å²) >= 11 is 1.45. The van der Waals surface area contributed by atoms with Gasteiger partial charge in [0, 0.05) is 6.42 Å². The number of aliphatic hydroxyl groups excluding tert-OH is 1. The number of amides is 3. The Bertz CT molecular complexity index is 837. The maximum atomic E-state index is 13.2. The van der Waals surface area contributed by atoms with Crippen LogP contribution in [0.15, 0.2) is 30.3 Å². The molecule has 1 aromatic carbocycles. The molecular formula is C24H38N4O6S. The first-order chi connectivity index (χ1) is 16.5. The molecule has 196 valence electrons. The normalized spacial score (nSPS) is 15.4. The van der Waals surface area contributed by atoms with Crippen molar-refractivity contribution in [2.45, 2.75) is 70.3 Å². The summed E-state index contributed by atoms with van der Waals surface area (Å²) in [5, 5.41) is 26.6. The predicted octanol–water partition coefficient (Wildman–Crippen LogP) is 0.275. The standard InChI is InChI=1S/C24H38N4O6S/c1-14(2)12-17(25)21(30)27-19(13-16-8-6-5-7-9-16)23(32)26-18(10-11-35-4)22(31)28-20(15(3)29)24(33)34/h5-9,14-15,17-20,29H,10-13,25H2,1-4H3,(H,26,32)(H,27,30)(H,28,31)(H,33,34). The third-order valence-electron chi connectivity index (χ3n) is 5.27. The second-order valence-electron chi connectivity index (χ2n) is 8.89. The molecule has 0 bridgehead atoms. The van der Waals surface area contributed by atoms with E-state index in [0.717, 1.165) is 5.56 Å². The fourth-order valence-electron chi connectivity index (χ4n) is 3.37. The Kier molecular flexibility index (Phi) is 13.4. The van der Waals surface area contributed by atoms with E-state index in [2.05, 4.69) is 16.0 Å². The molecule has 0 radical (unpaired) electrons. The summed E-state index contributed by atoms with van der Waals surface area (Å²) < 4.78 is 0. The van der Waals surface area contributed by atoms with E-state index in [4.69, 9.17) is 5.73 Å². The van der Waals surface area contributed by atoms with Crippen LogP contribution in [0.3, 0.4) is 0 Å². The van der Waals surface area contributed by atoms with Crippen molar-refractivity contribution in [3.63, 3.8) is 0 Å². The van der Waals surface area contributed by atoms with Crippen molar-refractivity contribution < 1.29 is 29.4 Å². The van der Waals surface area contributed by atoms with Gasteiger partial charge in [0.1, 0.15) is 12.1 Å². The van der Waals surface area contributed by atoms with Crippen LogP contribution in [0.4, 0.5) is 0 Å². The number of benzene rings is 1. The fourth-order valence-corrected chi connectivity index (χ4v) is 3.84. The number of thioether (sulfide) groups is 1. The lowest BCUT2D eigenvalue weighted by atomic mass is 10.0. The highest BCUT2D eigenvalue weighted by Crippen LogP contribution is 2.08. The van der Waals surface area contributed by atoms with Gasteiger partial charge in [-0.15, -0.1) is 0 Å². The molecular weight excluding hydrogens is 472 g/mol. The van der Waals surface area contributed by atoms with Crippen LogP contribution in [0.2, 0.25) is 0 Å². The molecule has 0 aromatic heterocycles. The molecule has 5 unspecified atom stereocenters. The minimum atomic E-state index is -1.52. The molecule has 0 heterocycles. The number of aliphatic carboxylic acids is 1. The minimum absolute atomic E-state index is 0.176. The zero-order valence-corrected chi connectivity index (χ0v) is 21.5. The number of nitrogens with one attached hydrogen (secondary N) is 3. The van der Waals surface area contributed by atoms with Crippen LogP contribution in [0, 0.1) is 5.92 Å². The molecule has 7 N–H and O–H groups in total. The minimum Gasteiger partial charge on any atom is -0.480 e. The molecule has 0 fully saturated rings. The van der Waals surface area contributed by atoms with Gasteiger partial charge >= 0.3 is 5.97 Å². The average molecular weight is 511 g/mol. The lowest BCUT2D eigenvalue weighted by Gasteiger charge is -2.26. The summed E-state index contributed by atoms with van der Waals surface area (Å²) in [5.74, 6) is -2.49. The van der Waals surface area contributed by atoms with Gasteiger partial charge in [0.25, 0.3) is 0 Å². The Hall–Kier alpha value is -2.63. The maximum absolute atomic E-state index is 13.2. The fraction of sp³-hybridized carbons (Fsp3) is 0.583. The summed E-state index contributed by atoms with van der Waals surface area (Å²) in [6.45, 7) is 5.13.